The molecule has 4 heterocycles. The van der Waals surface area contributed by atoms with Gasteiger partial charge in [0.15, 0.2) is 0 Å². The van der Waals surface area contributed by atoms with Crippen LogP contribution in [-0.2, 0) is 0 Å². The van der Waals surface area contributed by atoms with Gasteiger partial charge < -0.3 is 4.90 Å². The summed E-state index contributed by atoms with van der Waals surface area (Å²) < 4.78 is 2.19. The number of hydrogen-bond donors (Lipinski definition) is 0. The lowest BCUT2D eigenvalue weighted by Gasteiger charge is -2.25. The average Bonchev–Trinajstić information content (AvgIpc) is 3.56. The van der Waals surface area contributed by atoms with Crippen molar-refractivity contribution in [2.75, 3.05) is 4.90 Å². The maximum absolute atomic E-state index is 5.14. The monoisotopic (exact) mass is 615 g/mol. The maximum atomic E-state index is 5.14. The maximum Gasteiger partial charge on any atom is 0.138 e. The summed E-state index contributed by atoms with van der Waals surface area (Å²) in [6.07, 6.45) is 5.89. The topological polar surface area (TPSA) is 46.3 Å². The molecule has 0 aliphatic heterocycles. The molecule has 5 aromatic carbocycles. The molecule has 0 unspecified atom stereocenters. The first-order valence-electron chi connectivity index (χ1n) is 16.0. The van der Waals surface area contributed by atoms with Crippen LogP contribution in [0.15, 0.2) is 176 Å². The Hall–Kier alpha value is -6.59. The minimum atomic E-state index is 0.891. The SMILES string of the molecule is c1ccc(-c2ccc(N(c3ccc(-c4ccc5nc6c7ccccc7nc(-c7ccccc7)c6n5c4)cc3)c3cccnc3)cc2)cc1. The number of para-hydroxylation sites is 1. The number of aromatic nitrogens is 4. The predicted molar refractivity (Wildman–Crippen MR) is 197 cm³/mol. The van der Waals surface area contributed by atoms with E-state index in [9.17, 15) is 0 Å². The summed E-state index contributed by atoms with van der Waals surface area (Å²) in [6.45, 7) is 0. The fourth-order valence-electron chi connectivity index (χ4n) is 6.54. The first-order chi connectivity index (χ1) is 23.8. The van der Waals surface area contributed by atoms with Crippen molar-refractivity contribution in [1.82, 2.24) is 19.4 Å². The van der Waals surface area contributed by atoms with E-state index in [-0.39, 0.29) is 0 Å². The Morgan fingerprint density at radius 1 is 0.458 bits per heavy atom. The standard InChI is InChI=1S/C43H29N5/c1-3-10-30(11-4-1)31-17-22-35(23-18-31)48(37-14-9-27-44-28-37)36-24-19-32(20-25-36)34-21-26-40-46-42-38-15-7-8-16-39(38)45-41(43(42)47(40)29-34)33-12-5-2-6-13-33/h1-29H. The van der Waals surface area contributed by atoms with Crippen LogP contribution in [0.5, 0.6) is 0 Å². The highest BCUT2D eigenvalue weighted by Crippen LogP contribution is 2.37. The van der Waals surface area contributed by atoms with Gasteiger partial charge in [-0.3, -0.25) is 9.38 Å². The van der Waals surface area contributed by atoms with Gasteiger partial charge in [-0.25, -0.2) is 9.97 Å². The minimum Gasteiger partial charge on any atom is -0.309 e. The van der Waals surface area contributed by atoms with Gasteiger partial charge >= 0.3 is 0 Å². The third kappa shape index (κ3) is 4.86. The molecule has 0 bridgehead atoms. The van der Waals surface area contributed by atoms with Gasteiger partial charge in [0.1, 0.15) is 11.2 Å². The summed E-state index contributed by atoms with van der Waals surface area (Å²) >= 11 is 0. The highest BCUT2D eigenvalue weighted by atomic mass is 15.1. The molecule has 0 fully saturated rings. The lowest BCUT2D eigenvalue weighted by atomic mass is 10.0. The van der Waals surface area contributed by atoms with E-state index in [4.69, 9.17) is 9.97 Å². The van der Waals surface area contributed by atoms with Crippen LogP contribution in [0.3, 0.4) is 0 Å². The number of rotatable bonds is 6. The number of benzene rings is 5. The van der Waals surface area contributed by atoms with Crippen molar-refractivity contribution >= 4 is 44.6 Å². The van der Waals surface area contributed by atoms with Gasteiger partial charge in [-0.05, 0) is 76.9 Å². The molecule has 0 saturated carbocycles. The average molecular weight is 616 g/mol. The van der Waals surface area contributed by atoms with Gasteiger partial charge in [0, 0.05) is 34.7 Å². The van der Waals surface area contributed by atoms with Gasteiger partial charge in [0.25, 0.3) is 0 Å². The fourth-order valence-corrected chi connectivity index (χ4v) is 6.54. The van der Waals surface area contributed by atoms with E-state index >= 15 is 0 Å². The van der Waals surface area contributed by atoms with Crippen LogP contribution in [-0.4, -0.2) is 19.4 Å². The summed E-state index contributed by atoms with van der Waals surface area (Å²) in [5.41, 5.74) is 13.5. The number of hydrogen-bond acceptors (Lipinski definition) is 4. The Morgan fingerprint density at radius 2 is 1.06 bits per heavy atom. The molecule has 48 heavy (non-hydrogen) atoms. The molecule has 0 spiro atoms. The molecule has 0 radical (unpaired) electrons. The molecule has 5 heteroatoms. The summed E-state index contributed by atoms with van der Waals surface area (Å²) in [5.74, 6) is 0. The van der Waals surface area contributed by atoms with Gasteiger partial charge in [-0.2, -0.15) is 0 Å². The molecular formula is C43H29N5. The van der Waals surface area contributed by atoms with Gasteiger partial charge in [0.2, 0.25) is 0 Å². The fraction of sp³-hybridized carbons (Fsp3) is 0. The number of anilines is 3. The normalized spacial score (nSPS) is 11.3. The van der Waals surface area contributed by atoms with Crippen molar-refractivity contribution < 1.29 is 0 Å². The van der Waals surface area contributed by atoms with Crippen molar-refractivity contribution in [3.8, 4) is 33.5 Å². The van der Waals surface area contributed by atoms with Crippen LogP contribution in [0, 0.1) is 0 Å². The van der Waals surface area contributed by atoms with Crippen molar-refractivity contribution in [3.05, 3.63) is 176 Å². The molecule has 4 aromatic heterocycles. The summed E-state index contributed by atoms with van der Waals surface area (Å²) in [5, 5.41) is 1.05. The zero-order valence-electron chi connectivity index (χ0n) is 26.0. The smallest absolute Gasteiger partial charge is 0.138 e. The Balaban J connectivity index is 1.13. The Labute approximate surface area is 278 Å². The van der Waals surface area contributed by atoms with Gasteiger partial charge in [-0.1, -0.05) is 103 Å². The molecular weight excluding hydrogens is 587 g/mol. The van der Waals surface area contributed by atoms with Crippen molar-refractivity contribution in [3.63, 3.8) is 0 Å². The van der Waals surface area contributed by atoms with E-state index in [1.165, 1.54) is 11.1 Å². The first kappa shape index (κ1) is 27.7. The molecule has 0 saturated heterocycles. The first-order valence-corrected chi connectivity index (χ1v) is 16.0. The largest absolute Gasteiger partial charge is 0.309 e. The van der Waals surface area contributed by atoms with Crippen LogP contribution in [0.2, 0.25) is 0 Å². The molecule has 9 rings (SSSR count). The van der Waals surface area contributed by atoms with E-state index < -0.39 is 0 Å². The molecule has 0 aliphatic carbocycles. The number of pyridine rings is 3. The van der Waals surface area contributed by atoms with Crippen LogP contribution < -0.4 is 4.90 Å². The second-order valence-corrected chi connectivity index (χ2v) is 11.8. The highest BCUT2D eigenvalue weighted by molar-refractivity contribution is 6.09. The lowest BCUT2D eigenvalue weighted by molar-refractivity contribution is 1.22. The Kier molecular flexibility index (Phi) is 6.72. The molecule has 0 N–H and O–H groups in total. The minimum absolute atomic E-state index is 0.891. The van der Waals surface area contributed by atoms with E-state index in [1.807, 2.05) is 30.5 Å². The van der Waals surface area contributed by atoms with Gasteiger partial charge in [-0.15, -0.1) is 0 Å². The zero-order chi connectivity index (χ0) is 31.9. The third-order valence-corrected chi connectivity index (χ3v) is 8.88. The van der Waals surface area contributed by atoms with E-state index in [2.05, 4.69) is 154 Å². The lowest BCUT2D eigenvalue weighted by Crippen LogP contribution is -2.10. The van der Waals surface area contributed by atoms with Crippen molar-refractivity contribution in [2.45, 2.75) is 0 Å². The molecule has 5 nitrogen and oxygen atoms in total. The second kappa shape index (κ2) is 11.6. The highest BCUT2D eigenvalue weighted by Gasteiger charge is 2.17. The number of nitrogens with zero attached hydrogens (tertiary/aromatic N) is 5. The molecule has 0 atom stereocenters. The van der Waals surface area contributed by atoms with Crippen LogP contribution in [0.4, 0.5) is 17.1 Å². The van der Waals surface area contributed by atoms with E-state index in [0.29, 0.717) is 0 Å². The van der Waals surface area contributed by atoms with Crippen molar-refractivity contribution in [1.29, 1.82) is 0 Å². The molecule has 9 aromatic rings. The summed E-state index contributed by atoms with van der Waals surface area (Å²) in [4.78, 5) is 16.9. The van der Waals surface area contributed by atoms with E-state index in [1.54, 1.807) is 6.20 Å². The Morgan fingerprint density at radius 3 is 1.75 bits per heavy atom. The van der Waals surface area contributed by atoms with Crippen LogP contribution in [0.1, 0.15) is 0 Å². The van der Waals surface area contributed by atoms with Crippen LogP contribution in [0.25, 0.3) is 61.1 Å². The third-order valence-electron chi connectivity index (χ3n) is 8.88. The number of fused-ring (bicyclic) bond motifs is 5. The Bertz CT molecular complexity index is 2530. The second-order valence-electron chi connectivity index (χ2n) is 11.8. The zero-order valence-corrected chi connectivity index (χ0v) is 26.0. The van der Waals surface area contributed by atoms with E-state index in [0.717, 1.165) is 67.0 Å². The van der Waals surface area contributed by atoms with Crippen molar-refractivity contribution in [2.24, 2.45) is 0 Å². The predicted octanol–water partition coefficient (Wildman–Crippen LogP) is 10.9. The summed E-state index contributed by atoms with van der Waals surface area (Å²) in [7, 11) is 0. The molecule has 226 valence electrons. The quantitative estimate of drug-likeness (QED) is 0.187. The van der Waals surface area contributed by atoms with Crippen LogP contribution >= 0.6 is 0 Å². The molecule has 0 amide bonds. The summed E-state index contributed by atoms with van der Waals surface area (Å²) in [6, 6.07) is 54.8. The van der Waals surface area contributed by atoms with Gasteiger partial charge in [0.05, 0.1) is 28.6 Å². The number of imidazole rings is 1. The molecule has 0 aliphatic rings.